The first-order chi connectivity index (χ1) is 5.33. The maximum absolute atomic E-state index is 3.83. The molecule has 0 bridgehead atoms. The Labute approximate surface area is 127 Å². The van der Waals surface area contributed by atoms with E-state index in [9.17, 15) is 0 Å². The Morgan fingerprint density at radius 3 is 2.08 bits per heavy atom. The van der Waals surface area contributed by atoms with Gasteiger partial charge in [0.1, 0.15) is 0 Å². The number of benzene rings is 1. The van der Waals surface area contributed by atoms with Gasteiger partial charge in [0, 0.05) is 0 Å². The minimum Gasteiger partial charge on any atom is -0.358 e. The molecule has 0 aromatic heterocycles. The maximum Gasteiger partial charge on any atom is 1.00 e. The van der Waals surface area contributed by atoms with E-state index in [4.69, 9.17) is 0 Å². The van der Waals surface area contributed by atoms with Crippen molar-refractivity contribution in [1.29, 1.82) is 0 Å². The van der Waals surface area contributed by atoms with Crippen LogP contribution in [0.15, 0.2) is 24.3 Å². The van der Waals surface area contributed by atoms with Crippen LogP contribution in [0.4, 0.5) is 0 Å². The summed E-state index contributed by atoms with van der Waals surface area (Å²) < 4.78 is 0. The van der Waals surface area contributed by atoms with Gasteiger partial charge >= 0.3 is 51.4 Å². The first-order valence-corrected chi connectivity index (χ1v) is 4.24. The van der Waals surface area contributed by atoms with Gasteiger partial charge in [-0.25, -0.2) is 0 Å². The van der Waals surface area contributed by atoms with Crippen molar-refractivity contribution in [3.8, 4) is 0 Å². The largest absolute Gasteiger partial charge is 1.00 e. The van der Waals surface area contributed by atoms with Gasteiger partial charge in [-0.05, 0) is 6.42 Å². The van der Waals surface area contributed by atoms with E-state index < -0.39 is 0 Å². The Morgan fingerprint density at radius 2 is 1.77 bits per heavy atom. The van der Waals surface area contributed by atoms with Gasteiger partial charge in [0.05, 0.1) is 0 Å². The normalized spacial score (nSPS) is 7.00. The van der Waals surface area contributed by atoms with Crippen LogP contribution in [0, 0.1) is 14.4 Å². The van der Waals surface area contributed by atoms with E-state index in [0.29, 0.717) is 0 Å². The Morgan fingerprint density at radius 1 is 1.23 bits per heavy atom. The van der Waals surface area contributed by atoms with Gasteiger partial charge in [0.2, 0.25) is 0 Å². The van der Waals surface area contributed by atoms with Crippen LogP contribution in [0.2, 0.25) is 0 Å². The monoisotopic (exact) mass is 203 g/mol. The average molecular weight is 203 g/mol. The molecule has 70 valence electrons. The van der Waals surface area contributed by atoms with Crippen LogP contribution in [-0.2, 0) is 6.42 Å². The van der Waals surface area contributed by atoms with Crippen molar-refractivity contribution in [2.45, 2.75) is 27.2 Å². The average Bonchev–Trinajstić information content (AvgIpc) is 2.08. The third-order valence-corrected chi connectivity index (χ3v) is 1.40. The van der Waals surface area contributed by atoms with Gasteiger partial charge < -0.3 is 7.43 Å². The second-order valence-corrected chi connectivity index (χ2v) is 2.17. The van der Waals surface area contributed by atoms with Crippen LogP contribution in [0.5, 0.6) is 0 Å². The molecule has 1 aromatic rings. The van der Waals surface area contributed by atoms with E-state index in [0.717, 1.165) is 12.0 Å². The number of aryl methyl sites for hydroxylation is 1. The third-order valence-electron chi connectivity index (χ3n) is 1.40. The molecule has 0 heterocycles. The summed E-state index contributed by atoms with van der Waals surface area (Å²) in [6, 6.07) is 8.29. The maximum atomic E-state index is 3.83. The molecule has 1 heteroatoms. The van der Waals surface area contributed by atoms with E-state index in [1.54, 1.807) is 0 Å². The van der Waals surface area contributed by atoms with Crippen LogP contribution in [0.3, 0.4) is 0 Å². The Bertz CT molecular complexity index is 194. The molecule has 1 aromatic carbocycles. The molecule has 0 unspecified atom stereocenters. The van der Waals surface area contributed by atoms with Crippen molar-refractivity contribution in [2.75, 3.05) is 0 Å². The second kappa shape index (κ2) is 12.7. The Hall–Kier alpha value is 0.726. The molecule has 0 radical (unpaired) electrons. The first-order valence-electron chi connectivity index (χ1n) is 4.24. The fourth-order valence-corrected chi connectivity index (χ4v) is 0.850. The molecule has 13 heavy (non-hydrogen) atoms. The topological polar surface area (TPSA) is 0 Å². The van der Waals surface area contributed by atoms with Crippen LogP contribution in [0.1, 0.15) is 31.9 Å². The molecule has 0 aliphatic carbocycles. The number of rotatable bonds is 1. The van der Waals surface area contributed by atoms with Crippen LogP contribution in [0.25, 0.3) is 0 Å². The van der Waals surface area contributed by atoms with Crippen molar-refractivity contribution in [3.05, 3.63) is 49.7 Å². The molecule has 0 nitrogen and oxygen atoms in total. The third kappa shape index (κ3) is 9.04. The quantitative estimate of drug-likeness (QED) is 0.470. The zero-order valence-corrected chi connectivity index (χ0v) is 12.8. The second-order valence-electron chi connectivity index (χ2n) is 2.17. The standard InChI is InChI=1S/C9H11.C2H6.CH3.K/c1-3-9-6-4-5-8(2)7-9;1-2;;/h4-7H,2-3H2,1H3;1-2H3;1H3;/q-1;;-1;+1. The summed E-state index contributed by atoms with van der Waals surface area (Å²) in [7, 11) is 0. The van der Waals surface area contributed by atoms with E-state index >= 15 is 0 Å². The number of hydrogen-bond acceptors (Lipinski definition) is 0. The van der Waals surface area contributed by atoms with Crippen LogP contribution < -0.4 is 51.4 Å². The predicted octanol–water partition coefficient (Wildman–Crippen LogP) is 0.912. The van der Waals surface area contributed by atoms with Gasteiger partial charge in [-0.3, -0.25) is 0 Å². The predicted molar refractivity (Wildman–Crippen MR) is 58.0 cm³/mol. The molecule has 0 saturated carbocycles. The van der Waals surface area contributed by atoms with Crippen LogP contribution in [-0.4, -0.2) is 0 Å². The molecule has 0 amide bonds. The molecule has 0 N–H and O–H groups in total. The van der Waals surface area contributed by atoms with Crippen molar-refractivity contribution < 1.29 is 51.4 Å². The SMILES string of the molecule is CC.[CH2-]c1cccc(CC)c1.[CH3-].[K+]. The van der Waals surface area contributed by atoms with Crippen molar-refractivity contribution in [2.24, 2.45) is 0 Å². The molecular formula is C12H20K-. The summed E-state index contributed by atoms with van der Waals surface area (Å²) in [5.41, 5.74) is 2.47. The molecule has 0 aliphatic rings. The van der Waals surface area contributed by atoms with Crippen molar-refractivity contribution in [3.63, 3.8) is 0 Å². The van der Waals surface area contributed by atoms with Gasteiger partial charge in [-0.1, -0.05) is 26.8 Å². The summed E-state index contributed by atoms with van der Waals surface area (Å²) in [4.78, 5) is 0. The minimum atomic E-state index is 0. The van der Waals surface area contributed by atoms with Crippen molar-refractivity contribution >= 4 is 0 Å². The summed E-state index contributed by atoms with van der Waals surface area (Å²) >= 11 is 0. The molecule has 0 fully saturated rings. The van der Waals surface area contributed by atoms with Gasteiger partial charge in [-0.2, -0.15) is 24.6 Å². The molecular weight excluding hydrogens is 183 g/mol. The summed E-state index contributed by atoms with van der Waals surface area (Å²) in [6.45, 7) is 9.98. The molecule has 0 spiro atoms. The first kappa shape index (κ1) is 19.3. The van der Waals surface area contributed by atoms with Crippen LogP contribution >= 0.6 is 0 Å². The molecule has 0 aliphatic heterocycles. The summed E-state index contributed by atoms with van der Waals surface area (Å²) in [5.74, 6) is 0. The summed E-state index contributed by atoms with van der Waals surface area (Å²) in [5, 5.41) is 0. The van der Waals surface area contributed by atoms with Gasteiger partial charge in [0.25, 0.3) is 0 Å². The molecule has 0 atom stereocenters. The Kier molecular flexibility index (Phi) is 18.9. The van der Waals surface area contributed by atoms with E-state index in [-0.39, 0.29) is 58.8 Å². The van der Waals surface area contributed by atoms with Gasteiger partial charge in [-0.15, -0.1) is 11.6 Å². The van der Waals surface area contributed by atoms with E-state index in [1.165, 1.54) is 5.56 Å². The molecule has 1 rings (SSSR count). The zero-order valence-electron chi connectivity index (χ0n) is 9.72. The van der Waals surface area contributed by atoms with Gasteiger partial charge in [0.15, 0.2) is 0 Å². The molecule has 0 saturated heterocycles. The zero-order chi connectivity index (χ0) is 8.69. The Balaban J connectivity index is -0.000000234. The minimum absolute atomic E-state index is 0. The van der Waals surface area contributed by atoms with Crippen molar-refractivity contribution in [1.82, 2.24) is 0 Å². The van der Waals surface area contributed by atoms with E-state index in [2.05, 4.69) is 26.0 Å². The smallest absolute Gasteiger partial charge is 0.358 e. The fourth-order valence-electron chi connectivity index (χ4n) is 0.850. The number of hydrogen-bond donors (Lipinski definition) is 0. The van der Waals surface area contributed by atoms with E-state index in [1.807, 2.05) is 26.0 Å². The summed E-state index contributed by atoms with van der Waals surface area (Å²) in [6.07, 6.45) is 1.10. The fraction of sp³-hybridized carbons (Fsp3) is 0.333.